The number of aliphatic carboxylic acids is 1. The van der Waals surface area contributed by atoms with Gasteiger partial charge in [-0.3, -0.25) is 9.35 Å². The molecule has 80 heavy (non-hydrogen) atoms. The van der Waals surface area contributed by atoms with Crippen molar-refractivity contribution in [2.75, 3.05) is 73.8 Å². The Labute approximate surface area is 513 Å². The number of halogens is 1. The SMILES string of the molecule is C#CC.C/C=C/C.C/C=C/CC.C/C=C/CCC.C=C(C)C.C=C(C)Cl.C=CC.CC(=O)O.CC1CC1.CC1CO1.CC=C(C)C.CCC1(C)COC1.CCC1(CC)COC1.CN.CN=C=O.CN=C=S.CO.CS.CS(=O)(=O)O. The van der Waals surface area contributed by atoms with Gasteiger partial charge in [-0.25, -0.2) is 14.8 Å². The fourth-order valence-corrected chi connectivity index (χ4v) is 2.54. The Kier molecular flexibility index (Phi) is 160. The number of isocyanates is 1. The van der Waals surface area contributed by atoms with Gasteiger partial charge in [0.15, 0.2) is 0 Å². The highest BCUT2D eigenvalue weighted by molar-refractivity contribution is 7.85. The number of isothiocyanates is 1. The number of thiol groups is 1. The number of unbranched alkanes of at least 4 members (excludes halogenated alkanes) is 1. The van der Waals surface area contributed by atoms with Crippen LogP contribution in [0, 0.1) is 29.1 Å². The summed E-state index contributed by atoms with van der Waals surface area (Å²) in [6.45, 7) is 57.4. The van der Waals surface area contributed by atoms with E-state index in [9.17, 15) is 8.42 Å². The number of ether oxygens (including phenoxy) is 3. The molecule has 0 amide bonds. The third-order valence-electron chi connectivity index (χ3n) is 7.69. The van der Waals surface area contributed by atoms with Crippen LogP contribution in [0.3, 0.4) is 0 Å². The molecule has 0 aromatic carbocycles. The number of terminal acetylenes is 1. The summed E-state index contributed by atoms with van der Waals surface area (Å²) in [4.78, 5) is 24.1. The third kappa shape index (κ3) is 285. The lowest BCUT2D eigenvalue weighted by molar-refractivity contribution is -0.134. The van der Waals surface area contributed by atoms with E-state index in [1.165, 1.54) is 76.3 Å². The number of carboxylic acid groups (broad SMARTS) is 1. The van der Waals surface area contributed by atoms with Gasteiger partial charge in [-0.05, 0) is 154 Å². The Morgan fingerprint density at radius 2 is 1.06 bits per heavy atom. The summed E-state index contributed by atoms with van der Waals surface area (Å²) in [6, 6.07) is 0. The lowest BCUT2D eigenvalue weighted by atomic mass is 9.81. The van der Waals surface area contributed by atoms with Crippen molar-refractivity contribution in [3.8, 4) is 12.3 Å². The standard InChI is InChI=1S/C7H14O.C6H12O.C6H12.2C5H10.3C4H8.C3H5Cl.C3H6O.C3H6.C3H4.C2H3NO.C2H3NS.C2H4O2.CH5N.CH4O3S.CH4O.CH4S/c1-3-7(4-2)5-8-6-7;1-3-6(2)4-7-5-6;1-3-5-6-4-2;1-4-5(2)3;1-3-5-4-2;1-4-2-3-4;1-4(2)3;1-3-4-2;1-3(2)4;1-3-2-4-3;2*1-3-2;2*1-3-2-4;1-2(3)4;1-2;1-5(2,3)4;2*1-2/h3-6H2,1-2H3;3-5H2,1-2H3;3,5H,4,6H2,1-2H3;4H,1-3H3;3,5H,4H2,1-2H3;4H,2-3H2,1H3;1H2,2-3H3;3-4H,1-2H3;1H2,2H3;3H,2H2,1H3;3H,1H2,2H3;1H,2H3;2*1H3;1H3,(H,3,4);2H2,1H3;1H3,(H,2,3,4);2*2H,1H3/b;;5-3+;;5-3+;;;4-3+;;;;;;;;;;;. The van der Waals surface area contributed by atoms with Gasteiger partial charge in [0.1, 0.15) is 0 Å². The number of epoxide rings is 1. The van der Waals surface area contributed by atoms with Gasteiger partial charge < -0.3 is 30.2 Å². The summed E-state index contributed by atoms with van der Waals surface area (Å²) in [6.07, 6.45) is 35.6. The maximum Gasteiger partial charge on any atom is 0.300 e. The number of thiocarbonyl (C=S) groups is 1. The predicted molar refractivity (Wildman–Crippen MR) is 368 cm³/mol. The van der Waals surface area contributed by atoms with Gasteiger partial charge in [-0.1, -0.05) is 146 Å². The monoisotopic (exact) mass is 1220 g/mol. The highest BCUT2D eigenvalue weighted by atomic mass is 35.5. The van der Waals surface area contributed by atoms with Crippen molar-refractivity contribution in [1.82, 2.24) is 0 Å². The third-order valence-corrected chi connectivity index (χ3v) is 7.88. The normalized spacial score (nSPS) is 13.0. The van der Waals surface area contributed by atoms with Gasteiger partial charge >= 0.3 is 0 Å². The maximum atomic E-state index is 9.19. The van der Waals surface area contributed by atoms with E-state index in [2.05, 4.69) is 184 Å². The fraction of sp³-hybridized carbons (Fsp3) is 0.698. The summed E-state index contributed by atoms with van der Waals surface area (Å²) in [5, 5.41) is 17.2. The van der Waals surface area contributed by atoms with E-state index in [0.29, 0.717) is 28.2 Å². The molecule has 0 aromatic rings. The largest absolute Gasteiger partial charge is 0.481 e. The van der Waals surface area contributed by atoms with E-state index < -0.39 is 16.1 Å². The molecule has 0 bridgehead atoms. The predicted octanol–water partition coefficient (Wildman–Crippen LogP) is 18.1. The Bertz CT molecular complexity index is 1450. The molecule has 3 saturated heterocycles. The van der Waals surface area contributed by atoms with Gasteiger partial charge in [0.05, 0.1) is 50.6 Å². The number of carboxylic acids is 1. The Morgan fingerprint density at radius 3 is 1.07 bits per heavy atom. The zero-order valence-electron chi connectivity index (χ0n) is 56.5. The van der Waals surface area contributed by atoms with Crippen molar-refractivity contribution in [3.63, 3.8) is 0 Å². The van der Waals surface area contributed by atoms with Crippen molar-refractivity contribution >= 4 is 63.8 Å². The molecule has 0 spiro atoms. The molecular formula is C63H130ClN3O10S3. The number of aliphatic hydroxyl groups is 1. The summed E-state index contributed by atoms with van der Waals surface area (Å²) in [5.74, 6) is 2.50. The van der Waals surface area contributed by atoms with E-state index in [1.807, 2.05) is 60.6 Å². The molecule has 1 unspecified atom stereocenters. The molecule has 4 aliphatic rings. The molecule has 3 heterocycles. The number of nitrogens with zero attached hydrogens (tertiary/aromatic N) is 2. The van der Waals surface area contributed by atoms with Crippen LogP contribution >= 0.6 is 36.4 Å². The number of carbonyl (C=O) groups excluding carboxylic acids is 1. The van der Waals surface area contributed by atoms with Gasteiger partial charge in [0.25, 0.3) is 16.1 Å². The van der Waals surface area contributed by atoms with Gasteiger partial charge in [0.2, 0.25) is 6.08 Å². The second kappa shape index (κ2) is 111. The molecule has 4 fully saturated rings. The fourth-order valence-electron chi connectivity index (χ4n) is 2.54. The molecule has 0 aromatic heterocycles. The molecule has 1 saturated carbocycles. The number of carbonyl (C=O) groups is 1. The van der Waals surface area contributed by atoms with Gasteiger partial charge in [-0.2, -0.15) is 21.0 Å². The minimum absolute atomic E-state index is 0.542. The highest BCUT2D eigenvalue weighted by Crippen LogP contribution is 2.34. The number of nitrogens with two attached hydrogens (primary N) is 1. The smallest absolute Gasteiger partial charge is 0.300 e. The van der Waals surface area contributed by atoms with Crippen LogP contribution in [0.1, 0.15) is 197 Å². The molecule has 1 aliphatic carbocycles. The number of rotatable bonds is 6. The molecule has 17 heteroatoms. The molecule has 3 aliphatic heterocycles. The first-order valence-corrected chi connectivity index (χ1v) is 30.3. The summed E-state index contributed by atoms with van der Waals surface area (Å²) >= 11 is 12.7. The summed E-state index contributed by atoms with van der Waals surface area (Å²) in [5.41, 5.74) is 8.17. The highest BCUT2D eigenvalue weighted by Gasteiger charge is 2.34. The Morgan fingerprint density at radius 1 is 0.825 bits per heavy atom. The number of hydrogen-bond acceptors (Lipinski definition) is 13. The van der Waals surface area contributed by atoms with Crippen molar-refractivity contribution in [2.45, 2.75) is 203 Å². The lowest BCUT2D eigenvalue weighted by Gasteiger charge is -2.39. The van der Waals surface area contributed by atoms with Crippen LogP contribution in [-0.4, -0.2) is 120 Å². The van der Waals surface area contributed by atoms with E-state index in [0.717, 1.165) is 59.4 Å². The van der Waals surface area contributed by atoms with Crippen molar-refractivity contribution < 1.29 is 47.0 Å². The first-order valence-electron chi connectivity index (χ1n) is 26.8. The van der Waals surface area contributed by atoms with Crippen molar-refractivity contribution in [3.05, 3.63) is 84.5 Å². The minimum atomic E-state index is -3.67. The summed E-state index contributed by atoms with van der Waals surface area (Å²) in [7, 11) is 1.81. The van der Waals surface area contributed by atoms with Gasteiger partial charge in [0, 0.05) is 44.0 Å². The van der Waals surface area contributed by atoms with Crippen LogP contribution in [-0.2, 0) is 33.9 Å². The molecule has 482 valence electrons. The molecule has 0 radical (unpaired) electrons. The topological polar surface area (TPSA) is 211 Å². The van der Waals surface area contributed by atoms with Crippen molar-refractivity contribution in [1.29, 1.82) is 0 Å². The second-order valence-corrected chi connectivity index (χ2v) is 19.3. The lowest BCUT2D eigenvalue weighted by Crippen LogP contribution is -2.41. The molecule has 4 rings (SSSR count). The van der Waals surface area contributed by atoms with E-state index in [-0.39, 0.29) is 0 Å². The summed E-state index contributed by atoms with van der Waals surface area (Å²) < 4.78 is 40.7. The zero-order valence-corrected chi connectivity index (χ0v) is 59.8. The van der Waals surface area contributed by atoms with Crippen molar-refractivity contribution in [2.24, 2.45) is 32.5 Å². The van der Waals surface area contributed by atoms with Crippen LogP contribution in [0.2, 0.25) is 0 Å². The Hall–Kier alpha value is -3.26. The number of aliphatic imine (C=N–C) groups is 2. The average molecular weight is 1220 g/mol. The molecular weight excluding hydrogens is 1090 g/mol. The zero-order chi connectivity index (χ0) is 67.5. The van der Waals surface area contributed by atoms with Gasteiger partial charge in [-0.15, -0.1) is 25.5 Å². The molecule has 1 atom stereocenters. The molecule has 5 N–H and O–H groups in total. The molecule has 13 nitrogen and oxygen atoms in total. The van der Waals surface area contributed by atoms with E-state index in [4.69, 9.17) is 50.2 Å². The van der Waals surface area contributed by atoms with E-state index in [1.54, 1.807) is 33.2 Å². The average Bonchev–Trinajstić information content (AvgIpc) is 4.35. The van der Waals surface area contributed by atoms with Crippen LogP contribution in [0.4, 0.5) is 0 Å². The van der Waals surface area contributed by atoms with E-state index >= 15 is 0 Å². The quantitative estimate of drug-likeness (QED) is 0.0246. The minimum Gasteiger partial charge on any atom is -0.481 e. The van der Waals surface area contributed by atoms with Crippen LogP contribution < -0.4 is 5.73 Å². The van der Waals surface area contributed by atoms with Crippen LogP contribution in [0.5, 0.6) is 0 Å². The number of aliphatic hydroxyl groups excluding tert-OH is 1. The first kappa shape index (κ1) is 115. The van der Waals surface area contributed by atoms with Crippen LogP contribution in [0.25, 0.3) is 0 Å². The number of allylic oxidation sites excluding steroid dienone is 11. The first-order chi connectivity index (χ1) is 37.2. The van der Waals surface area contributed by atoms with Crippen LogP contribution in [0.15, 0.2) is 94.5 Å². The number of hydrogen-bond donors (Lipinski definition) is 5. The second-order valence-electron chi connectivity index (χ2n) is 17.0. The maximum absolute atomic E-state index is 9.19. The Balaban J connectivity index is -0.0000000434.